The molecule has 0 unspecified atom stereocenters. The molecule has 0 fully saturated rings. The van der Waals surface area contributed by atoms with E-state index in [1.165, 1.54) is 5.56 Å². The topological polar surface area (TPSA) is 54.7 Å². The van der Waals surface area contributed by atoms with E-state index in [0.29, 0.717) is 0 Å². The molecule has 2 rings (SSSR count). The van der Waals surface area contributed by atoms with Crippen LogP contribution in [0.15, 0.2) is 18.5 Å². The van der Waals surface area contributed by atoms with Gasteiger partial charge in [-0.25, -0.2) is 4.98 Å². The average Bonchev–Trinajstić information content (AvgIpc) is 2.58. The summed E-state index contributed by atoms with van der Waals surface area (Å²) < 4.78 is 0. The molecule has 3 heteroatoms. The second-order valence-corrected chi connectivity index (χ2v) is 3.18. The standard InChI is InChI=1S/C10H13N3/c1-2-3-7-8(11)4-5-9-10(7)13-6-12-9/h4-6H,2-3,11H2,1H3,(H,12,13). The Bertz CT molecular complexity index is 417. The first-order valence-electron chi connectivity index (χ1n) is 4.53. The monoisotopic (exact) mass is 175 g/mol. The van der Waals surface area contributed by atoms with Crippen molar-refractivity contribution in [1.82, 2.24) is 9.97 Å². The van der Waals surface area contributed by atoms with Crippen LogP contribution >= 0.6 is 0 Å². The smallest absolute Gasteiger partial charge is 0.0935 e. The number of aromatic amines is 1. The molecule has 0 saturated carbocycles. The fraction of sp³-hybridized carbons (Fsp3) is 0.300. The molecule has 0 aliphatic heterocycles. The number of imidazole rings is 1. The molecule has 0 atom stereocenters. The van der Waals surface area contributed by atoms with Crippen LogP contribution in [0.25, 0.3) is 11.0 Å². The number of hydrogen-bond donors (Lipinski definition) is 2. The summed E-state index contributed by atoms with van der Waals surface area (Å²) in [5.74, 6) is 0. The van der Waals surface area contributed by atoms with Crippen LogP contribution in [0.1, 0.15) is 18.9 Å². The number of rotatable bonds is 2. The molecule has 1 heterocycles. The SMILES string of the molecule is CCCc1c(N)ccc2[nH]cnc12. The molecule has 0 bridgehead atoms. The highest BCUT2D eigenvalue weighted by molar-refractivity contribution is 5.83. The van der Waals surface area contributed by atoms with Crippen molar-refractivity contribution in [3.8, 4) is 0 Å². The maximum absolute atomic E-state index is 5.88. The minimum atomic E-state index is 0.849. The van der Waals surface area contributed by atoms with Gasteiger partial charge in [0, 0.05) is 11.3 Å². The Labute approximate surface area is 77.0 Å². The number of hydrogen-bond acceptors (Lipinski definition) is 2. The first kappa shape index (κ1) is 8.10. The lowest BCUT2D eigenvalue weighted by molar-refractivity contribution is 0.929. The van der Waals surface area contributed by atoms with E-state index in [1.54, 1.807) is 6.33 Å². The largest absolute Gasteiger partial charge is 0.398 e. The first-order valence-corrected chi connectivity index (χ1v) is 4.53. The zero-order chi connectivity index (χ0) is 9.26. The highest BCUT2D eigenvalue weighted by atomic mass is 14.9. The van der Waals surface area contributed by atoms with E-state index >= 15 is 0 Å². The van der Waals surface area contributed by atoms with Crippen molar-refractivity contribution in [2.75, 3.05) is 5.73 Å². The first-order chi connectivity index (χ1) is 6.33. The van der Waals surface area contributed by atoms with Crippen molar-refractivity contribution in [3.05, 3.63) is 24.0 Å². The quantitative estimate of drug-likeness (QED) is 0.687. The third-order valence-electron chi connectivity index (χ3n) is 2.23. The number of nitrogens with two attached hydrogens (primary N) is 1. The summed E-state index contributed by atoms with van der Waals surface area (Å²) in [4.78, 5) is 7.34. The number of H-pyrrole nitrogens is 1. The summed E-state index contributed by atoms with van der Waals surface area (Å²) in [6.45, 7) is 2.14. The highest BCUT2D eigenvalue weighted by Crippen LogP contribution is 2.22. The minimum Gasteiger partial charge on any atom is -0.398 e. The summed E-state index contributed by atoms with van der Waals surface area (Å²) in [5.41, 5.74) is 9.98. The van der Waals surface area contributed by atoms with Crippen molar-refractivity contribution < 1.29 is 0 Å². The van der Waals surface area contributed by atoms with Crippen LogP contribution in [0.5, 0.6) is 0 Å². The molecule has 2 aromatic rings. The number of benzene rings is 1. The van der Waals surface area contributed by atoms with E-state index in [-0.39, 0.29) is 0 Å². The van der Waals surface area contributed by atoms with Crippen molar-refractivity contribution in [2.24, 2.45) is 0 Å². The van der Waals surface area contributed by atoms with E-state index < -0.39 is 0 Å². The fourth-order valence-electron chi connectivity index (χ4n) is 1.59. The van der Waals surface area contributed by atoms with Gasteiger partial charge in [-0.1, -0.05) is 13.3 Å². The highest BCUT2D eigenvalue weighted by Gasteiger charge is 2.05. The molecular formula is C10H13N3. The summed E-state index contributed by atoms with van der Waals surface area (Å²) in [7, 11) is 0. The van der Waals surface area contributed by atoms with Crippen LogP contribution in [0.4, 0.5) is 5.69 Å². The van der Waals surface area contributed by atoms with Crippen LogP contribution in [0.3, 0.4) is 0 Å². The molecule has 1 aromatic heterocycles. The van der Waals surface area contributed by atoms with Gasteiger partial charge in [-0.2, -0.15) is 0 Å². The molecular weight excluding hydrogens is 162 g/mol. The number of nitrogens with one attached hydrogen (secondary N) is 1. The Morgan fingerprint density at radius 2 is 2.31 bits per heavy atom. The third kappa shape index (κ3) is 1.26. The molecule has 0 radical (unpaired) electrons. The van der Waals surface area contributed by atoms with Gasteiger partial charge < -0.3 is 10.7 Å². The summed E-state index contributed by atoms with van der Waals surface area (Å²) in [6.07, 6.45) is 3.80. The maximum Gasteiger partial charge on any atom is 0.0935 e. The van der Waals surface area contributed by atoms with E-state index in [9.17, 15) is 0 Å². The predicted octanol–water partition coefficient (Wildman–Crippen LogP) is 2.10. The number of aromatic nitrogens is 2. The van der Waals surface area contributed by atoms with E-state index in [2.05, 4.69) is 16.9 Å². The lowest BCUT2D eigenvalue weighted by Crippen LogP contribution is -1.94. The molecule has 68 valence electrons. The molecule has 0 amide bonds. The molecule has 0 spiro atoms. The fourth-order valence-corrected chi connectivity index (χ4v) is 1.59. The van der Waals surface area contributed by atoms with Crippen molar-refractivity contribution >= 4 is 16.7 Å². The van der Waals surface area contributed by atoms with Gasteiger partial charge in [-0.05, 0) is 18.6 Å². The van der Waals surface area contributed by atoms with E-state index in [4.69, 9.17) is 5.73 Å². The van der Waals surface area contributed by atoms with Crippen LogP contribution in [-0.4, -0.2) is 9.97 Å². The van der Waals surface area contributed by atoms with E-state index in [1.807, 2.05) is 12.1 Å². The molecule has 3 N–H and O–H groups in total. The maximum atomic E-state index is 5.88. The minimum absolute atomic E-state index is 0.849. The van der Waals surface area contributed by atoms with Gasteiger partial charge >= 0.3 is 0 Å². The van der Waals surface area contributed by atoms with Gasteiger partial charge in [0.05, 0.1) is 17.4 Å². The van der Waals surface area contributed by atoms with Gasteiger partial charge in [-0.3, -0.25) is 0 Å². The molecule has 0 aliphatic rings. The lowest BCUT2D eigenvalue weighted by Gasteiger charge is -2.03. The Morgan fingerprint density at radius 3 is 3.08 bits per heavy atom. The van der Waals surface area contributed by atoms with Crippen LogP contribution in [0.2, 0.25) is 0 Å². The van der Waals surface area contributed by atoms with Crippen LogP contribution < -0.4 is 5.73 Å². The molecule has 0 aliphatic carbocycles. The Kier molecular flexibility index (Phi) is 1.93. The van der Waals surface area contributed by atoms with Gasteiger partial charge in [0.15, 0.2) is 0 Å². The zero-order valence-corrected chi connectivity index (χ0v) is 7.67. The molecule has 1 aromatic carbocycles. The number of fused-ring (bicyclic) bond motifs is 1. The summed E-state index contributed by atoms with van der Waals surface area (Å²) in [5, 5.41) is 0. The van der Waals surface area contributed by atoms with E-state index in [0.717, 1.165) is 29.6 Å². The van der Waals surface area contributed by atoms with Crippen molar-refractivity contribution in [1.29, 1.82) is 0 Å². The predicted molar refractivity (Wildman–Crippen MR) is 54.5 cm³/mol. The third-order valence-corrected chi connectivity index (χ3v) is 2.23. The molecule has 13 heavy (non-hydrogen) atoms. The number of aryl methyl sites for hydroxylation is 1. The lowest BCUT2D eigenvalue weighted by atomic mass is 10.1. The van der Waals surface area contributed by atoms with Crippen molar-refractivity contribution in [2.45, 2.75) is 19.8 Å². The van der Waals surface area contributed by atoms with Crippen LogP contribution in [-0.2, 0) is 6.42 Å². The summed E-state index contributed by atoms with van der Waals surface area (Å²) in [6, 6.07) is 3.91. The summed E-state index contributed by atoms with van der Waals surface area (Å²) >= 11 is 0. The van der Waals surface area contributed by atoms with Crippen molar-refractivity contribution in [3.63, 3.8) is 0 Å². The Morgan fingerprint density at radius 1 is 1.46 bits per heavy atom. The van der Waals surface area contributed by atoms with Crippen LogP contribution in [0, 0.1) is 0 Å². The number of anilines is 1. The molecule has 0 saturated heterocycles. The number of nitrogens with zero attached hydrogens (tertiary/aromatic N) is 1. The van der Waals surface area contributed by atoms with Gasteiger partial charge in [0.2, 0.25) is 0 Å². The number of nitrogen functional groups attached to an aromatic ring is 1. The van der Waals surface area contributed by atoms with Gasteiger partial charge in [0.25, 0.3) is 0 Å². The second-order valence-electron chi connectivity index (χ2n) is 3.18. The second kappa shape index (κ2) is 3.09. The average molecular weight is 175 g/mol. The Balaban J connectivity index is 2.66. The van der Waals surface area contributed by atoms with Gasteiger partial charge in [0.1, 0.15) is 0 Å². The Hall–Kier alpha value is -1.51. The normalized spacial score (nSPS) is 10.8. The molecule has 3 nitrogen and oxygen atoms in total. The van der Waals surface area contributed by atoms with Gasteiger partial charge in [-0.15, -0.1) is 0 Å². The zero-order valence-electron chi connectivity index (χ0n) is 7.67.